The zero-order chi connectivity index (χ0) is 19.7. The minimum absolute atomic E-state index is 0.229. The number of methoxy groups -OCH3 is 1. The van der Waals surface area contributed by atoms with Crippen LogP contribution < -0.4 is 10.1 Å². The van der Waals surface area contributed by atoms with E-state index in [9.17, 15) is 9.59 Å². The first-order valence-corrected chi connectivity index (χ1v) is 9.44. The number of halogens is 1. The van der Waals surface area contributed by atoms with Gasteiger partial charge in [0.05, 0.1) is 13.7 Å². The standard InChI is InChI=1S/C19H28BrNO5/c1-6-7-10-25-16-9-8-14(20)11-13(16)12-15(17(22)24-5)21-18(23)26-19(2,3)4/h8-9,11,15H,6-7,10,12H2,1-5H3,(H,21,23)/t15-/m0/s1. The molecule has 26 heavy (non-hydrogen) atoms. The number of hydrogen-bond acceptors (Lipinski definition) is 5. The van der Waals surface area contributed by atoms with Crippen LogP contribution in [0, 0.1) is 0 Å². The van der Waals surface area contributed by atoms with Gasteiger partial charge in [-0.2, -0.15) is 0 Å². The Bertz CT molecular complexity index is 612. The Morgan fingerprint density at radius 1 is 1.27 bits per heavy atom. The van der Waals surface area contributed by atoms with Gasteiger partial charge < -0.3 is 19.5 Å². The molecule has 1 N–H and O–H groups in total. The normalized spacial score (nSPS) is 12.2. The molecule has 1 amide bonds. The summed E-state index contributed by atoms with van der Waals surface area (Å²) >= 11 is 3.43. The van der Waals surface area contributed by atoms with Crippen molar-refractivity contribution in [3.8, 4) is 5.75 Å². The zero-order valence-corrected chi connectivity index (χ0v) is 17.6. The number of nitrogens with one attached hydrogen (secondary N) is 1. The fourth-order valence-electron chi connectivity index (χ4n) is 2.18. The number of esters is 1. The van der Waals surface area contributed by atoms with Gasteiger partial charge in [-0.15, -0.1) is 0 Å². The molecule has 1 rings (SSSR count). The van der Waals surface area contributed by atoms with Gasteiger partial charge in [-0.05, 0) is 51.0 Å². The predicted molar refractivity (Wildman–Crippen MR) is 103 cm³/mol. The summed E-state index contributed by atoms with van der Waals surface area (Å²) in [6.07, 6.45) is 1.52. The second-order valence-electron chi connectivity index (χ2n) is 6.88. The Balaban J connectivity index is 2.95. The summed E-state index contributed by atoms with van der Waals surface area (Å²) in [5.74, 6) is 0.136. The number of ether oxygens (including phenoxy) is 3. The molecule has 0 aliphatic rings. The summed E-state index contributed by atoms with van der Waals surface area (Å²) in [4.78, 5) is 24.2. The van der Waals surface area contributed by atoms with Crippen molar-refractivity contribution >= 4 is 28.0 Å². The summed E-state index contributed by atoms with van der Waals surface area (Å²) in [6, 6.07) is 4.71. The Morgan fingerprint density at radius 3 is 2.54 bits per heavy atom. The van der Waals surface area contributed by atoms with Gasteiger partial charge in [-0.25, -0.2) is 9.59 Å². The molecule has 0 fully saturated rings. The molecule has 0 spiro atoms. The molecule has 0 radical (unpaired) electrons. The first-order chi connectivity index (χ1) is 12.2. The van der Waals surface area contributed by atoms with Crippen LogP contribution in [0.5, 0.6) is 5.75 Å². The molecule has 0 heterocycles. The third-order valence-electron chi connectivity index (χ3n) is 3.38. The van der Waals surface area contributed by atoms with Crippen molar-refractivity contribution in [2.45, 2.75) is 58.6 Å². The number of unbranched alkanes of at least 4 members (excludes halogenated alkanes) is 1. The van der Waals surface area contributed by atoms with Gasteiger partial charge in [-0.3, -0.25) is 0 Å². The molecule has 1 atom stereocenters. The van der Waals surface area contributed by atoms with E-state index >= 15 is 0 Å². The monoisotopic (exact) mass is 429 g/mol. The predicted octanol–water partition coefficient (Wildman–Crippen LogP) is 4.24. The maximum atomic E-state index is 12.1. The summed E-state index contributed by atoms with van der Waals surface area (Å²) in [7, 11) is 1.28. The summed E-state index contributed by atoms with van der Waals surface area (Å²) in [5.41, 5.74) is 0.136. The molecule has 146 valence electrons. The fraction of sp³-hybridized carbons (Fsp3) is 0.579. The smallest absolute Gasteiger partial charge is 0.408 e. The molecule has 7 heteroatoms. The number of alkyl carbamates (subject to hydrolysis) is 1. The van der Waals surface area contributed by atoms with E-state index in [-0.39, 0.29) is 6.42 Å². The molecule has 0 aliphatic heterocycles. The first kappa shape index (κ1) is 22.3. The van der Waals surface area contributed by atoms with Gasteiger partial charge in [-0.1, -0.05) is 29.3 Å². The second kappa shape index (κ2) is 10.4. The minimum atomic E-state index is -0.877. The Labute approximate surface area is 163 Å². The topological polar surface area (TPSA) is 73.9 Å². The van der Waals surface area contributed by atoms with Gasteiger partial charge in [0.1, 0.15) is 17.4 Å². The average molecular weight is 430 g/mol. The second-order valence-corrected chi connectivity index (χ2v) is 7.80. The number of amides is 1. The summed E-state index contributed by atoms with van der Waals surface area (Å²) < 4.78 is 16.7. The van der Waals surface area contributed by atoms with Crippen molar-refractivity contribution in [2.75, 3.05) is 13.7 Å². The molecule has 0 unspecified atom stereocenters. The quantitative estimate of drug-likeness (QED) is 0.494. The molecule has 1 aromatic rings. The highest BCUT2D eigenvalue weighted by Gasteiger charge is 2.26. The highest BCUT2D eigenvalue weighted by Crippen LogP contribution is 2.25. The van der Waals surface area contributed by atoms with Crippen LogP contribution in [0.1, 0.15) is 46.1 Å². The maximum absolute atomic E-state index is 12.1. The van der Waals surface area contributed by atoms with Crippen LogP contribution in [-0.4, -0.2) is 37.4 Å². The number of carbonyl (C=O) groups excluding carboxylic acids is 2. The lowest BCUT2D eigenvalue weighted by molar-refractivity contribution is -0.143. The minimum Gasteiger partial charge on any atom is -0.493 e. The van der Waals surface area contributed by atoms with Crippen molar-refractivity contribution in [1.82, 2.24) is 5.32 Å². The number of carbonyl (C=O) groups is 2. The van der Waals surface area contributed by atoms with E-state index in [0.29, 0.717) is 12.4 Å². The number of hydrogen-bond donors (Lipinski definition) is 1. The molecule has 0 bridgehead atoms. The van der Waals surface area contributed by atoms with Gasteiger partial charge >= 0.3 is 12.1 Å². The van der Waals surface area contributed by atoms with Crippen LogP contribution >= 0.6 is 15.9 Å². The van der Waals surface area contributed by atoms with Crippen molar-refractivity contribution in [1.29, 1.82) is 0 Å². The van der Waals surface area contributed by atoms with Gasteiger partial charge in [0, 0.05) is 10.9 Å². The fourth-order valence-corrected chi connectivity index (χ4v) is 2.59. The molecule has 6 nitrogen and oxygen atoms in total. The maximum Gasteiger partial charge on any atom is 0.408 e. The van der Waals surface area contributed by atoms with Crippen molar-refractivity contribution in [3.63, 3.8) is 0 Å². The third kappa shape index (κ3) is 8.08. The van der Waals surface area contributed by atoms with E-state index in [2.05, 4.69) is 28.2 Å². The van der Waals surface area contributed by atoms with Crippen LogP contribution in [0.3, 0.4) is 0 Å². The van der Waals surface area contributed by atoms with Gasteiger partial charge in [0.15, 0.2) is 0 Å². The van der Waals surface area contributed by atoms with E-state index in [1.54, 1.807) is 20.8 Å². The zero-order valence-electron chi connectivity index (χ0n) is 16.1. The molecule has 0 saturated carbocycles. The lowest BCUT2D eigenvalue weighted by Gasteiger charge is -2.23. The molecule has 0 saturated heterocycles. The van der Waals surface area contributed by atoms with Crippen LogP contribution in [0.25, 0.3) is 0 Å². The first-order valence-electron chi connectivity index (χ1n) is 8.64. The van der Waals surface area contributed by atoms with Crippen LogP contribution in [0.2, 0.25) is 0 Å². The molecule has 0 aliphatic carbocycles. The van der Waals surface area contributed by atoms with Crippen molar-refractivity contribution in [2.24, 2.45) is 0 Å². The summed E-state index contributed by atoms with van der Waals surface area (Å²) in [6.45, 7) is 7.95. The molecule has 1 aromatic carbocycles. The van der Waals surface area contributed by atoms with E-state index in [0.717, 1.165) is 22.9 Å². The number of benzene rings is 1. The van der Waals surface area contributed by atoms with Crippen LogP contribution in [0.15, 0.2) is 22.7 Å². The highest BCUT2D eigenvalue weighted by atomic mass is 79.9. The Kier molecular flexibility index (Phi) is 8.92. The van der Waals surface area contributed by atoms with E-state index in [4.69, 9.17) is 14.2 Å². The van der Waals surface area contributed by atoms with Crippen molar-refractivity contribution < 1.29 is 23.8 Å². The van der Waals surface area contributed by atoms with Gasteiger partial charge in [0.25, 0.3) is 0 Å². The molecular formula is C19H28BrNO5. The molecular weight excluding hydrogens is 402 g/mol. The van der Waals surface area contributed by atoms with Crippen LogP contribution in [0.4, 0.5) is 4.79 Å². The molecule has 0 aromatic heterocycles. The lowest BCUT2D eigenvalue weighted by Crippen LogP contribution is -2.45. The van der Waals surface area contributed by atoms with E-state index < -0.39 is 23.7 Å². The largest absolute Gasteiger partial charge is 0.493 e. The average Bonchev–Trinajstić information content (AvgIpc) is 2.53. The lowest BCUT2D eigenvalue weighted by atomic mass is 10.0. The number of rotatable bonds is 8. The summed E-state index contributed by atoms with van der Waals surface area (Å²) in [5, 5.41) is 2.58. The van der Waals surface area contributed by atoms with E-state index in [1.165, 1.54) is 7.11 Å². The van der Waals surface area contributed by atoms with Crippen LogP contribution in [-0.2, 0) is 20.7 Å². The third-order valence-corrected chi connectivity index (χ3v) is 3.87. The Morgan fingerprint density at radius 2 is 1.96 bits per heavy atom. The Hall–Kier alpha value is -1.76. The highest BCUT2D eigenvalue weighted by molar-refractivity contribution is 9.10. The SMILES string of the molecule is CCCCOc1ccc(Br)cc1C[C@H](NC(=O)OC(C)(C)C)C(=O)OC. The van der Waals surface area contributed by atoms with Crippen molar-refractivity contribution in [3.05, 3.63) is 28.2 Å². The van der Waals surface area contributed by atoms with E-state index in [1.807, 2.05) is 18.2 Å². The van der Waals surface area contributed by atoms with Gasteiger partial charge in [0.2, 0.25) is 0 Å².